The highest BCUT2D eigenvalue weighted by atomic mass is 35.5. The molecule has 0 saturated heterocycles. The first-order chi connectivity index (χ1) is 14.4. The van der Waals surface area contributed by atoms with Gasteiger partial charge in [0.15, 0.2) is 0 Å². The molecule has 1 fully saturated rings. The van der Waals surface area contributed by atoms with Crippen LogP contribution in [0.1, 0.15) is 30.1 Å². The van der Waals surface area contributed by atoms with Crippen molar-refractivity contribution in [2.24, 2.45) is 4.99 Å². The molecule has 0 radical (unpaired) electrons. The van der Waals surface area contributed by atoms with Crippen molar-refractivity contribution in [3.63, 3.8) is 0 Å². The predicted octanol–water partition coefficient (Wildman–Crippen LogP) is 3.95. The van der Waals surface area contributed by atoms with Crippen molar-refractivity contribution in [3.8, 4) is 0 Å². The maximum absolute atomic E-state index is 13.5. The minimum absolute atomic E-state index is 0.0446. The van der Waals surface area contributed by atoms with Gasteiger partial charge in [0.1, 0.15) is 5.82 Å². The number of nitrogens with one attached hydrogen (secondary N) is 3. The zero-order valence-corrected chi connectivity index (χ0v) is 17.1. The van der Waals surface area contributed by atoms with Crippen LogP contribution in [-0.2, 0) is 4.74 Å². The molecule has 158 valence electrons. The van der Waals surface area contributed by atoms with Gasteiger partial charge in [-0.2, -0.15) is 0 Å². The third kappa shape index (κ3) is 6.18. The summed E-state index contributed by atoms with van der Waals surface area (Å²) in [5, 5.41) is 8.84. The van der Waals surface area contributed by atoms with Gasteiger partial charge in [-0.25, -0.2) is 14.2 Å². The van der Waals surface area contributed by atoms with Crippen molar-refractivity contribution in [1.29, 1.82) is 0 Å². The van der Waals surface area contributed by atoms with Gasteiger partial charge < -0.3 is 15.4 Å². The number of benzene rings is 2. The first-order valence-corrected chi connectivity index (χ1v) is 9.91. The van der Waals surface area contributed by atoms with E-state index in [0.717, 1.165) is 0 Å². The standard InChI is InChI=1S/C21H22ClFN4O3/c1-2-30-21(29)26-18-11-17(12-18)25-20(24-16-8-4-7-15(23)10-16)27-19(28)13-5-3-6-14(22)9-13/h3-10,17-18H,2,11-12H2,1H3,(H,26,29)(H2,24,25,27,28). The van der Waals surface area contributed by atoms with Crippen LogP contribution in [0.2, 0.25) is 5.02 Å². The van der Waals surface area contributed by atoms with E-state index in [1.807, 2.05) is 0 Å². The molecule has 0 aromatic heterocycles. The average molecular weight is 433 g/mol. The molecule has 1 saturated carbocycles. The number of aliphatic imine (C=N–C) groups is 1. The highest BCUT2D eigenvalue weighted by molar-refractivity contribution is 6.31. The maximum Gasteiger partial charge on any atom is 0.407 e. The molecule has 7 nitrogen and oxygen atoms in total. The van der Waals surface area contributed by atoms with Gasteiger partial charge in [-0.05, 0) is 56.2 Å². The second-order valence-corrected chi connectivity index (χ2v) is 7.20. The number of carbonyl (C=O) groups is 2. The van der Waals surface area contributed by atoms with Crippen molar-refractivity contribution in [1.82, 2.24) is 10.6 Å². The molecule has 1 aliphatic rings. The normalized spacial score (nSPS) is 18.2. The molecule has 30 heavy (non-hydrogen) atoms. The van der Waals surface area contributed by atoms with Crippen molar-refractivity contribution in [3.05, 3.63) is 64.9 Å². The molecule has 9 heteroatoms. The Morgan fingerprint density at radius 1 is 1.20 bits per heavy atom. The number of halogens is 2. The fourth-order valence-electron chi connectivity index (χ4n) is 2.94. The molecule has 0 spiro atoms. The Morgan fingerprint density at radius 3 is 2.67 bits per heavy atom. The van der Waals surface area contributed by atoms with E-state index in [0.29, 0.717) is 35.7 Å². The van der Waals surface area contributed by atoms with Crippen LogP contribution in [0.25, 0.3) is 0 Å². The molecule has 0 unspecified atom stereocenters. The zero-order chi connectivity index (χ0) is 21.5. The summed E-state index contributed by atoms with van der Waals surface area (Å²) in [6.45, 7) is 2.04. The third-order valence-corrected chi connectivity index (χ3v) is 4.66. The molecule has 0 aliphatic heterocycles. The van der Waals surface area contributed by atoms with Crippen LogP contribution in [-0.4, -0.2) is 36.7 Å². The Bertz CT molecular complexity index is 947. The van der Waals surface area contributed by atoms with Crippen LogP contribution in [0.5, 0.6) is 0 Å². The van der Waals surface area contributed by atoms with E-state index in [2.05, 4.69) is 20.9 Å². The fourth-order valence-corrected chi connectivity index (χ4v) is 3.13. The molecule has 3 rings (SSSR count). The summed E-state index contributed by atoms with van der Waals surface area (Å²) >= 11 is 5.96. The number of nitrogens with zero attached hydrogens (tertiary/aromatic N) is 1. The van der Waals surface area contributed by atoms with E-state index in [1.54, 1.807) is 43.3 Å². The van der Waals surface area contributed by atoms with Gasteiger partial charge in [-0.3, -0.25) is 10.1 Å². The molecule has 3 N–H and O–H groups in total. The number of ether oxygens (including phenoxy) is 1. The first kappa shape index (κ1) is 21.6. The van der Waals surface area contributed by atoms with Gasteiger partial charge >= 0.3 is 6.09 Å². The van der Waals surface area contributed by atoms with Gasteiger partial charge in [-0.1, -0.05) is 23.7 Å². The Morgan fingerprint density at radius 2 is 1.97 bits per heavy atom. The van der Waals surface area contributed by atoms with Crippen molar-refractivity contribution in [2.75, 3.05) is 11.9 Å². The lowest BCUT2D eigenvalue weighted by molar-refractivity contribution is 0.0976. The zero-order valence-electron chi connectivity index (χ0n) is 16.3. The maximum atomic E-state index is 13.5. The highest BCUT2D eigenvalue weighted by Crippen LogP contribution is 2.24. The van der Waals surface area contributed by atoms with E-state index in [9.17, 15) is 14.0 Å². The lowest BCUT2D eigenvalue weighted by atomic mass is 9.87. The van der Waals surface area contributed by atoms with Crippen molar-refractivity contribution < 1.29 is 18.7 Å². The van der Waals surface area contributed by atoms with Gasteiger partial charge in [0.2, 0.25) is 5.96 Å². The van der Waals surface area contributed by atoms with Gasteiger partial charge in [0.25, 0.3) is 5.91 Å². The summed E-state index contributed by atoms with van der Waals surface area (Å²) in [4.78, 5) is 28.6. The molecule has 0 atom stereocenters. The SMILES string of the molecule is CCOC(=O)NC1CC(N=C(NC(=O)c2cccc(Cl)c2)Nc2cccc(F)c2)C1. The van der Waals surface area contributed by atoms with Crippen LogP contribution in [0.4, 0.5) is 14.9 Å². The Labute approximate surface area is 178 Å². The smallest absolute Gasteiger partial charge is 0.407 e. The number of alkyl carbamates (subject to hydrolysis) is 1. The minimum Gasteiger partial charge on any atom is -0.450 e. The minimum atomic E-state index is -0.461. The lowest BCUT2D eigenvalue weighted by Crippen LogP contribution is -2.47. The molecule has 2 aromatic carbocycles. The van der Waals surface area contributed by atoms with E-state index in [1.165, 1.54) is 12.1 Å². The summed E-state index contributed by atoms with van der Waals surface area (Å²) in [5.74, 6) is -0.631. The Balaban J connectivity index is 1.69. The Kier molecular flexibility index (Phi) is 7.24. The second-order valence-electron chi connectivity index (χ2n) is 6.76. The van der Waals surface area contributed by atoms with Gasteiger partial charge in [0, 0.05) is 22.3 Å². The largest absolute Gasteiger partial charge is 0.450 e. The molecule has 0 heterocycles. The van der Waals surface area contributed by atoms with Crippen molar-refractivity contribution >= 4 is 35.2 Å². The molecular formula is C21H22ClFN4O3. The number of hydrogen-bond acceptors (Lipinski definition) is 4. The summed E-state index contributed by atoms with van der Waals surface area (Å²) in [7, 11) is 0. The summed E-state index contributed by atoms with van der Waals surface area (Å²) in [6.07, 6.45) is 0.734. The van der Waals surface area contributed by atoms with E-state index in [4.69, 9.17) is 16.3 Å². The lowest BCUT2D eigenvalue weighted by Gasteiger charge is -2.33. The van der Waals surface area contributed by atoms with Gasteiger partial charge in [0.05, 0.1) is 12.6 Å². The summed E-state index contributed by atoms with van der Waals surface area (Å²) in [5.41, 5.74) is 0.812. The van der Waals surface area contributed by atoms with E-state index in [-0.39, 0.29) is 18.0 Å². The molecular weight excluding hydrogens is 411 g/mol. The number of anilines is 1. The predicted molar refractivity (Wildman–Crippen MR) is 113 cm³/mol. The topological polar surface area (TPSA) is 91.8 Å². The average Bonchev–Trinajstić information content (AvgIpc) is 2.66. The van der Waals surface area contributed by atoms with Crippen LogP contribution < -0.4 is 16.0 Å². The molecule has 2 amide bonds. The molecule has 2 aromatic rings. The number of hydrogen-bond donors (Lipinski definition) is 3. The van der Waals surface area contributed by atoms with Crippen molar-refractivity contribution in [2.45, 2.75) is 31.8 Å². The van der Waals surface area contributed by atoms with Crippen LogP contribution in [0.15, 0.2) is 53.5 Å². The fraction of sp³-hybridized carbons (Fsp3) is 0.286. The van der Waals surface area contributed by atoms with E-state index >= 15 is 0 Å². The van der Waals surface area contributed by atoms with Crippen LogP contribution >= 0.6 is 11.6 Å². The van der Waals surface area contributed by atoms with Crippen LogP contribution in [0, 0.1) is 5.82 Å². The third-order valence-electron chi connectivity index (χ3n) is 4.43. The second kappa shape index (κ2) is 10.1. The highest BCUT2D eigenvalue weighted by Gasteiger charge is 2.31. The quantitative estimate of drug-likeness (QED) is 0.492. The van der Waals surface area contributed by atoms with Crippen LogP contribution in [0.3, 0.4) is 0 Å². The van der Waals surface area contributed by atoms with E-state index < -0.39 is 17.8 Å². The number of carbonyl (C=O) groups excluding carboxylic acids is 2. The molecule has 1 aliphatic carbocycles. The summed E-state index contributed by atoms with van der Waals surface area (Å²) in [6, 6.07) is 12.2. The number of rotatable bonds is 5. The first-order valence-electron chi connectivity index (χ1n) is 9.53. The summed E-state index contributed by atoms with van der Waals surface area (Å²) < 4.78 is 18.4. The number of guanidine groups is 1. The number of amides is 2. The molecule has 0 bridgehead atoms. The monoisotopic (exact) mass is 432 g/mol. The van der Waals surface area contributed by atoms with Gasteiger partial charge in [-0.15, -0.1) is 0 Å². The Hall–Kier alpha value is -3.13.